The molecule has 11 heteroatoms. The number of pyridine rings is 1. The van der Waals surface area contributed by atoms with Crippen LogP contribution in [0.3, 0.4) is 0 Å². The van der Waals surface area contributed by atoms with Gasteiger partial charge in [0, 0.05) is 5.69 Å². The Hall–Kier alpha value is -3.63. The summed E-state index contributed by atoms with van der Waals surface area (Å²) in [6, 6.07) is 4.43. The average molecular weight is 450 g/mol. The van der Waals surface area contributed by atoms with Crippen LogP contribution in [0.1, 0.15) is 28.5 Å². The minimum absolute atomic E-state index is 0.0390. The second kappa shape index (κ2) is 7.50. The second-order valence-electron chi connectivity index (χ2n) is 7.31. The highest BCUT2D eigenvalue weighted by molar-refractivity contribution is 6.13. The third kappa shape index (κ3) is 3.63. The number of fused-ring (bicyclic) bond motifs is 1. The van der Waals surface area contributed by atoms with Gasteiger partial charge in [-0.05, 0) is 49.8 Å². The van der Waals surface area contributed by atoms with Gasteiger partial charge in [0.1, 0.15) is 18.2 Å². The van der Waals surface area contributed by atoms with Crippen molar-refractivity contribution >= 4 is 28.9 Å². The van der Waals surface area contributed by atoms with Gasteiger partial charge in [0.15, 0.2) is 0 Å². The van der Waals surface area contributed by atoms with Crippen molar-refractivity contribution < 1.29 is 31.5 Å². The predicted molar refractivity (Wildman–Crippen MR) is 105 cm³/mol. The Morgan fingerprint density at radius 1 is 1.06 bits per heavy atom. The number of anilines is 2. The summed E-state index contributed by atoms with van der Waals surface area (Å²) in [4.78, 5) is 34.2. The Bertz CT molecular complexity index is 1210. The number of amides is 2. The van der Waals surface area contributed by atoms with E-state index in [4.69, 9.17) is 0 Å². The lowest BCUT2D eigenvalue weighted by molar-refractivity contribution is -0.141. The molecule has 0 spiro atoms. The molecule has 2 amide bonds. The SMILES string of the molecule is CC1=NC(=O)C(F)C=C1N1CN(c2ccc(F)cc2C)c2cnc(C(F)(F)F)cc2C1=O. The zero-order valence-electron chi connectivity index (χ0n) is 16.7. The molecule has 0 saturated heterocycles. The van der Waals surface area contributed by atoms with Crippen LogP contribution in [0.5, 0.6) is 0 Å². The molecule has 6 nitrogen and oxygen atoms in total. The van der Waals surface area contributed by atoms with E-state index < -0.39 is 35.7 Å². The molecule has 32 heavy (non-hydrogen) atoms. The Kier molecular flexibility index (Phi) is 5.06. The molecule has 3 heterocycles. The first-order valence-corrected chi connectivity index (χ1v) is 9.35. The van der Waals surface area contributed by atoms with E-state index in [0.29, 0.717) is 17.3 Å². The Morgan fingerprint density at radius 2 is 1.78 bits per heavy atom. The number of halogens is 5. The van der Waals surface area contributed by atoms with Crippen molar-refractivity contribution in [1.29, 1.82) is 0 Å². The zero-order valence-corrected chi connectivity index (χ0v) is 16.7. The molecule has 1 unspecified atom stereocenters. The molecular formula is C21H15F5N4O2. The summed E-state index contributed by atoms with van der Waals surface area (Å²) in [5, 5.41) is 0. The van der Waals surface area contributed by atoms with Gasteiger partial charge in [-0.3, -0.25) is 14.5 Å². The summed E-state index contributed by atoms with van der Waals surface area (Å²) < 4.78 is 67.5. The maximum absolute atomic E-state index is 14.0. The van der Waals surface area contributed by atoms with Crippen LogP contribution in [0.4, 0.5) is 33.3 Å². The lowest BCUT2D eigenvalue weighted by Crippen LogP contribution is -2.47. The van der Waals surface area contributed by atoms with E-state index in [1.54, 1.807) is 6.92 Å². The van der Waals surface area contributed by atoms with Crippen LogP contribution in [0.2, 0.25) is 0 Å². The molecule has 0 N–H and O–H groups in total. The van der Waals surface area contributed by atoms with E-state index in [1.807, 2.05) is 0 Å². The largest absolute Gasteiger partial charge is 0.433 e. The van der Waals surface area contributed by atoms with Gasteiger partial charge >= 0.3 is 6.18 Å². The summed E-state index contributed by atoms with van der Waals surface area (Å²) >= 11 is 0. The summed E-state index contributed by atoms with van der Waals surface area (Å²) in [6.07, 6.45) is -5.07. The summed E-state index contributed by atoms with van der Waals surface area (Å²) in [5.41, 5.74) is -0.665. The van der Waals surface area contributed by atoms with E-state index in [-0.39, 0.29) is 29.3 Å². The number of dihydropyridines is 1. The van der Waals surface area contributed by atoms with Crippen LogP contribution < -0.4 is 4.90 Å². The fourth-order valence-corrected chi connectivity index (χ4v) is 3.63. The van der Waals surface area contributed by atoms with Crippen molar-refractivity contribution in [3.63, 3.8) is 0 Å². The number of allylic oxidation sites excluding steroid dienone is 1. The average Bonchev–Trinajstić information content (AvgIpc) is 2.71. The summed E-state index contributed by atoms with van der Waals surface area (Å²) in [5.74, 6) is -2.39. The number of nitrogens with zero attached hydrogens (tertiary/aromatic N) is 4. The van der Waals surface area contributed by atoms with Gasteiger partial charge in [-0.2, -0.15) is 13.2 Å². The monoisotopic (exact) mass is 450 g/mol. The van der Waals surface area contributed by atoms with Crippen molar-refractivity contribution in [3.05, 3.63) is 64.9 Å². The smallest absolute Gasteiger partial charge is 0.320 e. The molecular weight excluding hydrogens is 435 g/mol. The highest BCUT2D eigenvalue weighted by Gasteiger charge is 2.39. The van der Waals surface area contributed by atoms with Crippen molar-refractivity contribution in [3.8, 4) is 0 Å². The fourth-order valence-electron chi connectivity index (χ4n) is 3.63. The first-order valence-electron chi connectivity index (χ1n) is 9.35. The minimum Gasteiger partial charge on any atom is -0.320 e. The first-order chi connectivity index (χ1) is 15.0. The van der Waals surface area contributed by atoms with E-state index in [1.165, 1.54) is 30.0 Å². The standard InChI is InChI=1S/C21H15F5N4O2/c1-10-5-12(22)3-4-15(10)29-9-30(16-7-14(23)19(31)28-11(16)2)20(32)13-6-18(21(24,25)26)27-8-17(13)29/h3-8,14H,9H2,1-2H3. The third-order valence-electron chi connectivity index (χ3n) is 5.15. The van der Waals surface area contributed by atoms with E-state index in [2.05, 4.69) is 9.98 Å². The number of aliphatic imine (C=N–C) groups is 1. The number of carbonyl (C=O) groups is 2. The van der Waals surface area contributed by atoms with E-state index in [9.17, 15) is 31.5 Å². The number of aromatic nitrogens is 1. The molecule has 2 aromatic rings. The lowest BCUT2D eigenvalue weighted by atomic mass is 10.0. The number of aryl methyl sites for hydroxylation is 1. The number of benzene rings is 1. The van der Waals surface area contributed by atoms with Crippen molar-refractivity contribution in [2.45, 2.75) is 26.2 Å². The first kappa shape index (κ1) is 21.6. The topological polar surface area (TPSA) is 65.9 Å². The normalized spacial score (nSPS) is 19.0. The van der Waals surface area contributed by atoms with E-state index >= 15 is 0 Å². The van der Waals surface area contributed by atoms with Gasteiger partial charge in [0.25, 0.3) is 11.8 Å². The molecule has 166 valence electrons. The van der Waals surface area contributed by atoms with Crippen LogP contribution in [0.25, 0.3) is 0 Å². The zero-order chi connectivity index (χ0) is 23.4. The van der Waals surface area contributed by atoms with Crippen molar-refractivity contribution in [2.24, 2.45) is 4.99 Å². The van der Waals surface area contributed by atoms with Gasteiger partial charge in [-0.15, -0.1) is 0 Å². The Balaban J connectivity index is 1.90. The molecule has 0 radical (unpaired) electrons. The predicted octanol–water partition coefficient (Wildman–Crippen LogP) is 4.32. The highest BCUT2D eigenvalue weighted by atomic mass is 19.4. The number of carbonyl (C=O) groups excluding carboxylic acids is 2. The molecule has 2 aliphatic rings. The second-order valence-corrected chi connectivity index (χ2v) is 7.31. The Labute approximate surface area is 178 Å². The molecule has 1 aromatic heterocycles. The van der Waals surface area contributed by atoms with Crippen molar-refractivity contribution in [2.75, 3.05) is 11.6 Å². The maximum Gasteiger partial charge on any atom is 0.433 e. The third-order valence-corrected chi connectivity index (χ3v) is 5.15. The fraction of sp³-hybridized carbons (Fsp3) is 0.238. The van der Waals surface area contributed by atoms with Crippen LogP contribution in [-0.4, -0.2) is 40.3 Å². The molecule has 0 aliphatic carbocycles. The summed E-state index contributed by atoms with van der Waals surface area (Å²) in [7, 11) is 0. The van der Waals surface area contributed by atoms with Crippen LogP contribution in [0, 0.1) is 12.7 Å². The van der Waals surface area contributed by atoms with Gasteiger partial charge in [-0.1, -0.05) is 0 Å². The molecule has 2 aliphatic heterocycles. The molecule has 1 aromatic carbocycles. The quantitative estimate of drug-likeness (QED) is 0.640. The molecule has 0 fully saturated rings. The molecule has 4 rings (SSSR count). The van der Waals surface area contributed by atoms with Gasteiger partial charge in [-0.25, -0.2) is 18.8 Å². The number of alkyl halides is 4. The van der Waals surface area contributed by atoms with Crippen LogP contribution in [-0.2, 0) is 11.0 Å². The number of hydrogen-bond donors (Lipinski definition) is 0. The molecule has 0 saturated carbocycles. The Morgan fingerprint density at radius 3 is 2.44 bits per heavy atom. The van der Waals surface area contributed by atoms with Gasteiger partial charge in [0.2, 0.25) is 6.17 Å². The lowest BCUT2D eigenvalue weighted by Gasteiger charge is -2.40. The summed E-state index contributed by atoms with van der Waals surface area (Å²) in [6.45, 7) is 2.74. The van der Waals surface area contributed by atoms with Crippen LogP contribution in [0.15, 0.2) is 47.2 Å². The maximum atomic E-state index is 14.0. The van der Waals surface area contributed by atoms with E-state index in [0.717, 1.165) is 17.2 Å². The van der Waals surface area contributed by atoms with Crippen LogP contribution >= 0.6 is 0 Å². The molecule has 0 bridgehead atoms. The highest BCUT2D eigenvalue weighted by Crippen LogP contribution is 2.39. The van der Waals surface area contributed by atoms with Gasteiger partial charge in [0.05, 0.1) is 28.9 Å². The molecule has 1 atom stereocenters. The van der Waals surface area contributed by atoms with Gasteiger partial charge < -0.3 is 4.90 Å². The number of rotatable bonds is 2. The van der Waals surface area contributed by atoms with Crippen molar-refractivity contribution in [1.82, 2.24) is 9.88 Å². The minimum atomic E-state index is -4.80. The number of hydrogen-bond acceptors (Lipinski definition) is 4.